The fraction of sp³-hybridized carbons (Fsp3) is 0.0667. The van der Waals surface area contributed by atoms with Crippen LogP contribution in [0.25, 0.3) is 0 Å². The Bertz CT molecular complexity index is 495. The minimum atomic E-state index is -0.432. The third-order valence-corrected chi connectivity index (χ3v) is 2.72. The van der Waals surface area contributed by atoms with Crippen LogP contribution in [0.5, 0.6) is 0 Å². The molecule has 0 aliphatic carbocycles. The second-order valence-corrected chi connectivity index (χ2v) is 3.93. The van der Waals surface area contributed by atoms with Gasteiger partial charge in [-0.3, -0.25) is 10.1 Å². The molecule has 2 aromatic carbocycles. The Hall–Kier alpha value is -2.42. The van der Waals surface area contributed by atoms with Crippen LogP contribution >= 0.6 is 0 Å². The summed E-state index contributed by atoms with van der Waals surface area (Å²) in [4.78, 5) is 10.1. The Labute approximate surface area is 106 Å². The van der Waals surface area contributed by atoms with Crippen molar-refractivity contribution in [2.24, 2.45) is 0 Å². The lowest BCUT2D eigenvalue weighted by molar-refractivity contribution is -0.402. The third-order valence-electron chi connectivity index (χ3n) is 2.72. The summed E-state index contributed by atoms with van der Waals surface area (Å²) >= 11 is 0. The van der Waals surface area contributed by atoms with E-state index in [1.54, 1.807) is 6.08 Å². The van der Waals surface area contributed by atoms with Gasteiger partial charge in [0.1, 0.15) is 0 Å². The molecule has 0 aliphatic heterocycles. The van der Waals surface area contributed by atoms with Crippen LogP contribution in [0.3, 0.4) is 0 Å². The Morgan fingerprint density at radius 1 is 0.889 bits per heavy atom. The molecule has 0 bridgehead atoms. The van der Waals surface area contributed by atoms with Gasteiger partial charge in [-0.15, -0.1) is 0 Å². The van der Waals surface area contributed by atoms with Crippen LogP contribution in [-0.4, -0.2) is 4.92 Å². The van der Waals surface area contributed by atoms with Gasteiger partial charge in [0.25, 0.3) is 0 Å². The lowest BCUT2D eigenvalue weighted by Gasteiger charge is -2.12. The Morgan fingerprint density at radius 3 is 1.72 bits per heavy atom. The summed E-state index contributed by atoms with van der Waals surface area (Å²) in [5, 5.41) is 10.5. The summed E-state index contributed by atoms with van der Waals surface area (Å²) in [6.07, 6.45) is 2.62. The van der Waals surface area contributed by atoms with Crippen molar-refractivity contribution in [1.29, 1.82) is 0 Å². The number of allylic oxidation sites excluding steroid dienone is 1. The van der Waals surface area contributed by atoms with Gasteiger partial charge in [-0.25, -0.2) is 0 Å². The normalized spacial score (nSPS) is 10.9. The van der Waals surface area contributed by atoms with Crippen LogP contribution in [0.1, 0.15) is 17.0 Å². The molecule has 90 valence electrons. The van der Waals surface area contributed by atoms with Crippen molar-refractivity contribution in [3.05, 3.63) is 94.2 Å². The van der Waals surface area contributed by atoms with Crippen LogP contribution in [0.4, 0.5) is 0 Å². The minimum Gasteiger partial charge on any atom is -0.259 e. The van der Waals surface area contributed by atoms with Crippen LogP contribution < -0.4 is 0 Å². The fourth-order valence-corrected chi connectivity index (χ4v) is 1.89. The zero-order valence-corrected chi connectivity index (χ0v) is 9.77. The van der Waals surface area contributed by atoms with E-state index in [4.69, 9.17) is 0 Å². The van der Waals surface area contributed by atoms with E-state index >= 15 is 0 Å². The molecular formula is C15H13NO2. The number of benzene rings is 2. The largest absolute Gasteiger partial charge is 0.259 e. The molecule has 0 N–H and O–H groups in total. The molecule has 2 aromatic rings. The van der Waals surface area contributed by atoms with Crippen molar-refractivity contribution in [2.75, 3.05) is 0 Å². The summed E-state index contributed by atoms with van der Waals surface area (Å²) < 4.78 is 0. The Morgan fingerprint density at radius 2 is 1.33 bits per heavy atom. The van der Waals surface area contributed by atoms with E-state index in [9.17, 15) is 10.1 Å². The van der Waals surface area contributed by atoms with Crippen LogP contribution in [0, 0.1) is 10.1 Å². The van der Waals surface area contributed by atoms with E-state index in [1.807, 2.05) is 60.7 Å². The first-order chi connectivity index (χ1) is 8.77. The van der Waals surface area contributed by atoms with Gasteiger partial charge < -0.3 is 0 Å². The van der Waals surface area contributed by atoms with Crippen molar-refractivity contribution < 1.29 is 4.92 Å². The topological polar surface area (TPSA) is 43.1 Å². The third kappa shape index (κ3) is 3.04. The van der Waals surface area contributed by atoms with Gasteiger partial charge in [0, 0.05) is 5.92 Å². The van der Waals surface area contributed by atoms with Crippen LogP contribution in [-0.2, 0) is 0 Å². The van der Waals surface area contributed by atoms with Gasteiger partial charge in [0.05, 0.1) is 4.92 Å². The van der Waals surface area contributed by atoms with Crippen molar-refractivity contribution in [2.45, 2.75) is 5.92 Å². The monoisotopic (exact) mass is 239 g/mol. The minimum absolute atomic E-state index is 0.0854. The summed E-state index contributed by atoms with van der Waals surface area (Å²) in [5.41, 5.74) is 2.09. The number of rotatable bonds is 4. The average Bonchev–Trinajstić information content (AvgIpc) is 2.41. The summed E-state index contributed by atoms with van der Waals surface area (Å²) in [5.74, 6) is -0.0854. The van der Waals surface area contributed by atoms with Gasteiger partial charge in [-0.05, 0) is 17.2 Å². The van der Waals surface area contributed by atoms with Crippen molar-refractivity contribution in [3.63, 3.8) is 0 Å². The van der Waals surface area contributed by atoms with Crippen LogP contribution in [0.15, 0.2) is 72.9 Å². The summed E-state index contributed by atoms with van der Waals surface area (Å²) in [7, 11) is 0. The lowest BCUT2D eigenvalue weighted by atomic mass is 9.91. The molecule has 3 heteroatoms. The molecule has 0 fully saturated rings. The highest BCUT2D eigenvalue weighted by Gasteiger charge is 2.11. The molecular weight excluding hydrogens is 226 g/mol. The number of nitro groups is 1. The molecule has 0 saturated carbocycles. The molecule has 3 nitrogen and oxygen atoms in total. The maximum atomic E-state index is 10.5. The molecule has 0 amide bonds. The predicted molar refractivity (Wildman–Crippen MR) is 70.9 cm³/mol. The van der Waals surface area contributed by atoms with Gasteiger partial charge in [0.2, 0.25) is 6.20 Å². The first kappa shape index (κ1) is 12.0. The van der Waals surface area contributed by atoms with E-state index in [-0.39, 0.29) is 5.92 Å². The number of hydrogen-bond donors (Lipinski definition) is 0. The molecule has 0 spiro atoms. The molecule has 0 heterocycles. The van der Waals surface area contributed by atoms with Crippen LogP contribution in [0.2, 0.25) is 0 Å². The first-order valence-corrected chi connectivity index (χ1v) is 5.69. The van der Waals surface area contributed by atoms with E-state index in [0.29, 0.717) is 0 Å². The molecule has 0 saturated heterocycles. The number of nitrogens with zero attached hydrogens (tertiary/aromatic N) is 1. The van der Waals surface area contributed by atoms with Gasteiger partial charge >= 0.3 is 0 Å². The maximum absolute atomic E-state index is 10.5. The summed E-state index contributed by atoms with van der Waals surface area (Å²) in [6.45, 7) is 0. The van der Waals surface area contributed by atoms with Gasteiger partial charge in [0.15, 0.2) is 0 Å². The molecule has 0 atom stereocenters. The fourth-order valence-electron chi connectivity index (χ4n) is 1.89. The predicted octanol–water partition coefficient (Wildman–Crippen LogP) is 3.61. The zero-order valence-electron chi connectivity index (χ0n) is 9.77. The molecule has 2 rings (SSSR count). The highest BCUT2D eigenvalue weighted by molar-refractivity contribution is 5.36. The smallest absolute Gasteiger partial charge is 0.231 e. The van der Waals surface area contributed by atoms with E-state index in [0.717, 1.165) is 17.3 Å². The molecule has 0 radical (unpaired) electrons. The quantitative estimate of drug-likeness (QED) is 0.604. The molecule has 0 aromatic heterocycles. The van der Waals surface area contributed by atoms with E-state index < -0.39 is 4.92 Å². The SMILES string of the molecule is O=[N+]([O-])/C=C/C(c1ccccc1)c1ccccc1. The maximum Gasteiger partial charge on any atom is 0.231 e. The molecule has 18 heavy (non-hydrogen) atoms. The lowest BCUT2D eigenvalue weighted by Crippen LogP contribution is -1.98. The van der Waals surface area contributed by atoms with Crippen molar-refractivity contribution >= 4 is 0 Å². The first-order valence-electron chi connectivity index (χ1n) is 5.69. The Balaban J connectivity index is 2.38. The molecule has 0 unspecified atom stereocenters. The highest BCUT2D eigenvalue weighted by atomic mass is 16.6. The van der Waals surface area contributed by atoms with Crippen molar-refractivity contribution in [3.8, 4) is 0 Å². The van der Waals surface area contributed by atoms with Gasteiger partial charge in [-0.2, -0.15) is 0 Å². The summed E-state index contributed by atoms with van der Waals surface area (Å²) in [6, 6.07) is 19.5. The van der Waals surface area contributed by atoms with E-state index in [1.165, 1.54) is 0 Å². The number of hydrogen-bond acceptors (Lipinski definition) is 2. The second-order valence-electron chi connectivity index (χ2n) is 3.93. The highest BCUT2D eigenvalue weighted by Crippen LogP contribution is 2.25. The van der Waals surface area contributed by atoms with Gasteiger partial charge in [-0.1, -0.05) is 60.7 Å². The molecule has 0 aliphatic rings. The zero-order chi connectivity index (χ0) is 12.8. The standard InChI is InChI=1S/C15H13NO2/c17-16(18)12-11-15(13-7-3-1-4-8-13)14-9-5-2-6-10-14/h1-12,15H/b12-11+. The van der Waals surface area contributed by atoms with Crippen molar-refractivity contribution in [1.82, 2.24) is 0 Å². The second kappa shape index (κ2) is 5.77. The Kier molecular flexibility index (Phi) is 3.86. The van der Waals surface area contributed by atoms with E-state index in [2.05, 4.69) is 0 Å². The average molecular weight is 239 g/mol.